The Balaban J connectivity index is 2.77. The zero-order valence-corrected chi connectivity index (χ0v) is 8.57. The summed E-state index contributed by atoms with van der Waals surface area (Å²) >= 11 is 0. The molecular formula is C8H11N2O3S. The number of nitrogens with zero attached hydrogens (tertiary/aromatic N) is 2. The molecule has 5 nitrogen and oxygen atoms in total. The second-order valence-corrected chi connectivity index (χ2v) is 4.95. The second-order valence-electron chi connectivity index (χ2n) is 2.95. The number of hydrogen-bond donors (Lipinski definition) is 0. The molecule has 0 amide bonds. The first kappa shape index (κ1) is 11.1. The summed E-state index contributed by atoms with van der Waals surface area (Å²) in [5.41, 5.74) is 0. The molecule has 1 aromatic heterocycles. The highest BCUT2D eigenvalue weighted by atomic mass is 32.2. The zero-order chi connectivity index (χ0) is 10.6. The van der Waals surface area contributed by atoms with Gasteiger partial charge in [-0.05, 0) is 19.4 Å². The third-order valence-corrected chi connectivity index (χ3v) is 3.15. The minimum Gasteiger partial charge on any atom is -0.233 e. The summed E-state index contributed by atoms with van der Waals surface area (Å²) in [6.07, 6.45) is 1.93. The van der Waals surface area contributed by atoms with Gasteiger partial charge in [-0.15, -0.1) is 0 Å². The van der Waals surface area contributed by atoms with E-state index < -0.39 is 15.9 Å². The molecule has 1 aromatic rings. The fourth-order valence-corrected chi connectivity index (χ4v) is 2.13. The predicted octanol–water partition coefficient (Wildman–Crippen LogP) is 0.459. The Bertz CT molecular complexity index is 375. The predicted molar refractivity (Wildman–Crippen MR) is 48.9 cm³/mol. The SMILES string of the molecule is CC([O])CCS(=O)(=O)c1ncccn1. The van der Waals surface area contributed by atoms with Crippen molar-refractivity contribution in [2.45, 2.75) is 24.6 Å². The molecule has 0 N–H and O–H groups in total. The summed E-state index contributed by atoms with van der Waals surface area (Å²) in [6, 6.07) is 1.54. The molecule has 1 radical (unpaired) electrons. The highest BCUT2D eigenvalue weighted by molar-refractivity contribution is 7.91. The van der Waals surface area contributed by atoms with E-state index in [1.165, 1.54) is 25.4 Å². The monoisotopic (exact) mass is 215 g/mol. The Morgan fingerprint density at radius 3 is 2.43 bits per heavy atom. The van der Waals surface area contributed by atoms with E-state index in [2.05, 4.69) is 9.97 Å². The summed E-state index contributed by atoms with van der Waals surface area (Å²) in [7, 11) is -3.48. The summed E-state index contributed by atoms with van der Waals surface area (Å²) in [4.78, 5) is 7.25. The molecule has 0 spiro atoms. The van der Waals surface area contributed by atoms with Crippen molar-refractivity contribution in [2.24, 2.45) is 0 Å². The lowest BCUT2D eigenvalue weighted by molar-refractivity contribution is 0.103. The lowest BCUT2D eigenvalue weighted by Crippen LogP contribution is -2.14. The smallest absolute Gasteiger partial charge is 0.233 e. The van der Waals surface area contributed by atoms with E-state index in [-0.39, 0.29) is 17.3 Å². The zero-order valence-electron chi connectivity index (χ0n) is 7.75. The van der Waals surface area contributed by atoms with E-state index in [9.17, 15) is 13.5 Å². The molecule has 0 aliphatic carbocycles. The third kappa shape index (κ3) is 3.04. The van der Waals surface area contributed by atoms with Crippen molar-refractivity contribution in [3.8, 4) is 0 Å². The van der Waals surface area contributed by atoms with Crippen LogP contribution in [0.5, 0.6) is 0 Å². The number of hydrogen-bond acceptors (Lipinski definition) is 4. The summed E-state index contributed by atoms with van der Waals surface area (Å²) in [6.45, 7) is 1.43. The van der Waals surface area contributed by atoms with Crippen LogP contribution in [-0.2, 0) is 14.9 Å². The molecule has 1 heterocycles. The molecule has 0 saturated carbocycles. The fraction of sp³-hybridized carbons (Fsp3) is 0.500. The van der Waals surface area contributed by atoms with Crippen molar-refractivity contribution >= 4 is 9.84 Å². The number of sulfone groups is 1. The van der Waals surface area contributed by atoms with Gasteiger partial charge in [0.1, 0.15) is 0 Å². The van der Waals surface area contributed by atoms with Crippen LogP contribution in [0.25, 0.3) is 0 Å². The second kappa shape index (κ2) is 4.47. The van der Waals surface area contributed by atoms with Crippen molar-refractivity contribution in [1.29, 1.82) is 0 Å². The van der Waals surface area contributed by atoms with Crippen LogP contribution in [0.2, 0.25) is 0 Å². The Hall–Kier alpha value is -1.01. The van der Waals surface area contributed by atoms with Crippen LogP contribution in [0, 0.1) is 0 Å². The molecule has 0 fully saturated rings. The first-order chi connectivity index (χ1) is 6.52. The maximum Gasteiger partial charge on any atom is 0.246 e. The highest BCUT2D eigenvalue weighted by Gasteiger charge is 2.18. The first-order valence-electron chi connectivity index (χ1n) is 4.18. The Morgan fingerprint density at radius 2 is 1.93 bits per heavy atom. The molecule has 6 heteroatoms. The lowest BCUT2D eigenvalue weighted by Gasteiger charge is -2.02. The van der Waals surface area contributed by atoms with E-state index in [4.69, 9.17) is 0 Å². The first-order valence-corrected chi connectivity index (χ1v) is 5.83. The molecule has 0 aliphatic rings. The van der Waals surface area contributed by atoms with Gasteiger partial charge in [0.15, 0.2) is 0 Å². The minimum absolute atomic E-state index is 0.0839. The van der Waals surface area contributed by atoms with Gasteiger partial charge in [0, 0.05) is 12.4 Å². The third-order valence-electron chi connectivity index (χ3n) is 1.61. The van der Waals surface area contributed by atoms with E-state index in [0.717, 1.165) is 0 Å². The van der Waals surface area contributed by atoms with Gasteiger partial charge in [0.2, 0.25) is 15.0 Å². The van der Waals surface area contributed by atoms with Crippen molar-refractivity contribution in [3.05, 3.63) is 18.5 Å². The maximum absolute atomic E-state index is 11.5. The van der Waals surface area contributed by atoms with Gasteiger partial charge in [-0.2, -0.15) is 0 Å². The van der Waals surface area contributed by atoms with E-state index in [1.807, 2.05) is 0 Å². The van der Waals surface area contributed by atoms with Crippen LogP contribution in [0.3, 0.4) is 0 Å². The van der Waals surface area contributed by atoms with Gasteiger partial charge in [0.25, 0.3) is 0 Å². The van der Waals surface area contributed by atoms with Crippen LogP contribution in [0.4, 0.5) is 0 Å². The van der Waals surface area contributed by atoms with E-state index in [1.54, 1.807) is 0 Å². The van der Waals surface area contributed by atoms with Gasteiger partial charge in [-0.25, -0.2) is 23.5 Å². The standard InChI is InChI=1S/C8H11N2O3S/c1-7(11)3-6-14(12,13)8-9-4-2-5-10-8/h2,4-5,7H,3,6H2,1H3. The van der Waals surface area contributed by atoms with Gasteiger partial charge in [-0.3, -0.25) is 0 Å². The topological polar surface area (TPSA) is 79.8 Å². The summed E-state index contributed by atoms with van der Waals surface area (Å²) in [5, 5.41) is 10.5. The van der Waals surface area contributed by atoms with E-state index in [0.29, 0.717) is 0 Å². The van der Waals surface area contributed by atoms with Crippen molar-refractivity contribution in [2.75, 3.05) is 5.75 Å². The summed E-state index contributed by atoms with van der Waals surface area (Å²) in [5.74, 6) is -0.193. The fourth-order valence-electron chi connectivity index (χ4n) is 0.858. The lowest BCUT2D eigenvalue weighted by atomic mass is 10.3. The van der Waals surface area contributed by atoms with Gasteiger partial charge < -0.3 is 0 Å². The molecule has 0 aliphatic heterocycles. The molecule has 0 aromatic carbocycles. The van der Waals surface area contributed by atoms with Crippen LogP contribution in [0.15, 0.2) is 23.6 Å². The molecular weight excluding hydrogens is 204 g/mol. The molecule has 0 bridgehead atoms. The largest absolute Gasteiger partial charge is 0.246 e. The Morgan fingerprint density at radius 1 is 1.36 bits per heavy atom. The highest BCUT2D eigenvalue weighted by Crippen LogP contribution is 2.06. The number of rotatable bonds is 4. The average Bonchev–Trinajstić information content (AvgIpc) is 2.16. The molecule has 0 saturated heterocycles. The average molecular weight is 215 g/mol. The minimum atomic E-state index is -3.48. The Kier molecular flexibility index (Phi) is 3.54. The van der Waals surface area contributed by atoms with Crippen LogP contribution >= 0.6 is 0 Å². The molecule has 1 rings (SSSR count). The van der Waals surface area contributed by atoms with Gasteiger partial charge in [-0.1, -0.05) is 0 Å². The maximum atomic E-state index is 11.5. The summed E-state index contributed by atoms with van der Waals surface area (Å²) < 4.78 is 22.9. The number of aromatic nitrogens is 2. The molecule has 77 valence electrons. The molecule has 1 atom stereocenters. The van der Waals surface area contributed by atoms with Crippen molar-refractivity contribution in [1.82, 2.24) is 9.97 Å². The van der Waals surface area contributed by atoms with E-state index >= 15 is 0 Å². The van der Waals surface area contributed by atoms with Crippen molar-refractivity contribution in [3.63, 3.8) is 0 Å². The molecule has 14 heavy (non-hydrogen) atoms. The molecule has 1 unspecified atom stereocenters. The quantitative estimate of drug-likeness (QED) is 0.683. The Labute approximate surface area is 82.8 Å². The normalized spacial score (nSPS) is 13.9. The van der Waals surface area contributed by atoms with Gasteiger partial charge in [0.05, 0.1) is 11.9 Å². The van der Waals surface area contributed by atoms with Gasteiger partial charge >= 0.3 is 0 Å². The van der Waals surface area contributed by atoms with Crippen LogP contribution in [-0.4, -0.2) is 30.2 Å². The van der Waals surface area contributed by atoms with Crippen LogP contribution < -0.4 is 0 Å². The van der Waals surface area contributed by atoms with Crippen LogP contribution in [0.1, 0.15) is 13.3 Å². The van der Waals surface area contributed by atoms with Crippen molar-refractivity contribution < 1.29 is 13.5 Å².